The Kier molecular flexibility index (Phi) is 4.97. The Morgan fingerprint density at radius 3 is 2.67 bits per heavy atom. The average Bonchev–Trinajstić information content (AvgIpc) is 2.31. The lowest BCUT2D eigenvalue weighted by Gasteiger charge is -2.13. The molecule has 0 saturated heterocycles. The second-order valence-electron chi connectivity index (χ2n) is 3.75. The molecule has 0 heterocycles. The van der Waals surface area contributed by atoms with E-state index in [2.05, 4.69) is 10.6 Å². The van der Waals surface area contributed by atoms with E-state index in [0.29, 0.717) is 22.8 Å². The molecule has 1 aromatic carbocycles. The third-order valence-corrected chi connectivity index (χ3v) is 2.55. The van der Waals surface area contributed by atoms with E-state index in [9.17, 15) is 9.59 Å². The number of carboxylic acids is 1. The maximum absolute atomic E-state index is 11.9. The Morgan fingerprint density at radius 1 is 1.44 bits per heavy atom. The topological polar surface area (TPSA) is 78.4 Å². The van der Waals surface area contributed by atoms with Crippen LogP contribution in [0.5, 0.6) is 0 Å². The summed E-state index contributed by atoms with van der Waals surface area (Å²) in [7, 11) is 0. The van der Waals surface area contributed by atoms with Crippen molar-refractivity contribution in [3.8, 4) is 0 Å². The fraction of sp³-hybridized carbons (Fsp3) is 0.333. The number of aliphatic carboxylic acids is 1. The Hall–Kier alpha value is -1.75. The van der Waals surface area contributed by atoms with Crippen LogP contribution in [0.3, 0.4) is 0 Å². The lowest BCUT2D eigenvalue weighted by atomic mass is 10.1. The van der Waals surface area contributed by atoms with E-state index in [1.165, 1.54) is 13.0 Å². The van der Waals surface area contributed by atoms with Gasteiger partial charge in [-0.05, 0) is 32.0 Å². The number of nitrogens with one attached hydrogen (secondary N) is 2. The maximum atomic E-state index is 11.9. The largest absolute Gasteiger partial charge is 0.480 e. The van der Waals surface area contributed by atoms with Crippen LogP contribution in [0.25, 0.3) is 0 Å². The first kappa shape index (κ1) is 14.3. The average molecular weight is 271 g/mol. The minimum Gasteiger partial charge on any atom is -0.480 e. The monoisotopic (exact) mass is 270 g/mol. The van der Waals surface area contributed by atoms with Gasteiger partial charge in [-0.2, -0.15) is 0 Å². The molecule has 0 aromatic heterocycles. The minimum atomic E-state index is -1.09. The molecule has 1 rings (SSSR count). The molecular formula is C12H15ClN2O3. The van der Waals surface area contributed by atoms with Gasteiger partial charge in [0.25, 0.3) is 5.91 Å². The van der Waals surface area contributed by atoms with E-state index in [-0.39, 0.29) is 0 Å². The molecule has 0 aliphatic heterocycles. The number of amides is 1. The predicted octanol–water partition coefficient (Wildman–Crippen LogP) is 1.97. The summed E-state index contributed by atoms with van der Waals surface area (Å²) in [5, 5.41) is 14.6. The zero-order chi connectivity index (χ0) is 13.7. The summed E-state index contributed by atoms with van der Waals surface area (Å²) >= 11 is 5.84. The molecular weight excluding hydrogens is 256 g/mol. The maximum Gasteiger partial charge on any atom is 0.325 e. The minimum absolute atomic E-state index is 0.331. The van der Waals surface area contributed by atoms with Gasteiger partial charge in [0, 0.05) is 17.3 Å². The molecule has 3 N–H and O–H groups in total. The van der Waals surface area contributed by atoms with Crippen LogP contribution in [0.1, 0.15) is 24.2 Å². The summed E-state index contributed by atoms with van der Waals surface area (Å²) in [6.45, 7) is 3.95. The van der Waals surface area contributed by atoms with Gasteiger partial charge in [-0.15, -0.1) is 0 Å². The van der Waals surface area contributed by atoms with Crippen molar-refractivity contribution in [2.24, 2.45) is 0 Å². The van der Waals surface area contributed by atoms with E-state index >= 15 is 0 Å². The summed E-state index contributed by atoms with van der Waals surface area (Å²) < 4.78 is 0. The number of carbonyl (C=O) groups is 2. The van der Waals surface area contributed by atoms with Crippen molar-refractivity contribution in [3.05, 3.63) is 28.8 Å². The van der Waals surface area contributed by atoms with Crippen molar-refractivity contribution in [2.75, 3.05) is 11.9 Å². The van der Waals surface area contributed by atoms with Crippen molar-refractivity contribution >= 4 is 29.2 Å². The molecule has 98 valence electrons. The fourth-order valence-electron chi connectivity index (χ4n) is 1.39. The van der Waals surface area contributed by atoms with Gasteiger partial charge in [0.05, 0.1) is 5.56 Å². The molecule has 6 heteroatoms. The van der Waals surface area contributed by atoms with Crippen LogP contribution in [0.4, 0.5) is 5.69 Å². The molecule has 1 unspecified atom stereocenters. The number of rotatable bonds is 5. The molecule has 1 atom stereocenters. The van der Waals surface area contributed by atoms with Crippen LogP contribution in [-0.4, -0.2) is 29.6 Å². The number of carbonyl (C=O) groups excluding carboxylic acids is 1. The molecule has 18 heavy (non-hydrogen) atoms. The summed E-state index contributed by atoms with van der Waals surface area (Å²) in [5.74, 6) is -1.56. The summed E-state index contributed by atoms with van der Waals surface area (Å²) in [4.78, 5) is 22.6. The standard InChI is InChI=1S/C12H15ClN2O3/c1-3-14-10-5-4-8(13)6-9(10)11(16)15-7(2)12(17)18/h4-7,14H,3H2,1-2H3,(H,15,16)(H,17,18). The van der Waals surface area contributed by atoms with Gasteiger partial charge < -0.3 is 15.7 Å². The lowest BCUT2D eigenvalue weighted by Crippen LogP contribution is -2.38. The quantitative estimate of drug-likeness (QED) is 0.764. The second-order valence-corrected chi connectivity index (χ2v) is 4.19. The number of benzene rings is 1. The van der Waals surface area contributed by atoms with Crippen molar-refractivity contribution in [2.45, 2.75) is 19.9 Å². The molecule has 0 aliphatic carbocycles. The van der Waals surface area contributed by atoms with E-state index in [0.717, 1.165) is 0 Å². The van der Waals surface area contributed by atoms with Gasteiger partial charge in [-0.3, -0.25) is 9.59 Å². The first-order chi connectivity index (χ1) is 8.45. The van der Waals surface area contributed by atoms with Gasteiger partial charge in [-0.1, -0.05) is 11.6 Å². The Morgan fingerprint density at radius 2 is 2.11 bits per heavy atom. The molecule has 0 fully saturated rings. The molecule has 1 aromatic rings. The van der Waals surface area contributed by atoms with Gasteiger partial charge in [0.1, 0.15) is 6.04 Å². The van der Waals surface area contributed by atoms with E-state index in [1.807, 2.05) is 6.92 Å². The number of halogens is 1. The van der Waals surface area contributed by atoms with Crippen molar-refractivity contribution in [1.82, 2.24) is 5.32 Å². The third-order valence-electron chi connectivity index (χ3n) is 2.31. The molecule has 0 bridgehead atoms. The lowest BCUT2D eigenvalue weighted by molar-refractivity contribution is -0.138. The van der Waals surface area contributed by atoms with Gasteiger partial charge in [-0.25, -0.2) is 0 Å². The van der Waals surface area contributed by atoms with Crippen molar-refractivity contribution < 1.29 is 14.7 Å². The highest BCUT2D eigenvalue weighted by atomic mass is 35.5. The summed E-state index contributed by atoms with van der Waals surface area (Å²) in [6, 6.07) is 3.90. The summed E-state index contributed by atoms with van der Waals surface area (Å²) in [5.41, 5.74) is 0.953. The first-order valence-corrected chi connectivity index (χ1v) is 5.90. The van der Waals surface area contributed by atoms with E-state index in [4.69, 9.17) is 16.7 Å². The third kappa shape index (κ3) is 3.63. The van der Waals surface area contributed by atoms with Gasteiger partial charge in [0.15, 0.2) is 0 Å². The molecule has 0 saturated carbocycles. The highest BCUT2D eigenvalue weighted by molar-refractivity contribution is 6.31. The smallest absolute Gasteiger partial charge is 0.325 e. The van der Waals surface area contributed by atoms with Crippen LogP contribution in [0.2, 0.25) is 5.02 Å². The normalized spacial score (nSPS) is 11.7. The zero-order valence-electron chi connectivity index (χ0n) is 10.2. The molecule has 0 aliphatic rings. The van der Waals surface area contributed by atoms with Crippen LogP contribution >= 0.6 is 11.6 Å². The van der Waals surface area contributed by atoms with Crippen molar-refractivity contribution in [1.29, 1.82) is 0 Å². The molecule has 1 amide bonds. The number of hydrogen-bond acceptors (Lipinski definition) is 3. The molecule has 0 radical (unpaired) electrons. The Bertz CT molecular complexity index is 463. The van der Waals surface area contributed by atoms with Gasteiger partial charge in [0.2, 0.25) is 0 Å². The predicted molar refractivity (Wildman–Crippen MR) is 70.2 cm³/mol. The molecule has 5 nitrogen and oxygen atoms in total. The number of carboxylic acid groups (broad SMARTS) is 1. The van der Waals surface area contributed by atoms with Gasteiger partial charge >= 0.3 is 5.97 Å². The van der Waals surface area contributed by atoms with Crippen LogP contribution < -0.4 is 10.6 Å². The first-order valence-electron chi connectivity index (χ1n) is 5.52. The van der Waals surface area contributed by atoms with E-state index in [1.54, 1.807) is 12.1 Å². The highest BCUT2D eigenvalue weighted by Gasteiger charge is 2.17. The number of hydrogen-bond donors (Lipinski definition) is 3. The second kappa shape index (κ2) is 6.26. The number of anilines is 1. The Balaban J connectivity index is 2.96. The molecule has 0 spiro atoms. The fourth-order valence-corrected chi connectivity index (χ4v) is 1.56. The highest BCUT2D eigenvalue weighted by Crippen LogP contribution is 2.20. The van der Waals surface area contributed by atoms with Crippen LogP contribution in [-0.2, 0) is 4.79 Å². The zero-order valence-corrected chi connectivity index (χ0v) is 10.9. The summed E-state index contributed by atoms with van der Waals surface area (Å²) in [6.07, 6.45) is 0. The van der Waals surface area contributed by atoms with Crippen LogP contribution in [0.15, 0.2) is 18.2 Å². The van der Waals surface area contributed by atoms with Crippen molar-refractivity contribution in [3.63, 3.8) is 0 Å². The SMILES string of the molecule is CCNc1ccc(Cl)cc1C(=O)NC(C)C(=O)O. The van der Waals surface area contributed by atoms with Crippen LogP contribution in [0, 0.1) is 0 Å². The van der Waals surface area contributed by atoms with E-state index < -0.39 is 17.9 Å². The Labute approximate surface area is 110 Å².